The fourth-order valence-corrected chi connectivity index (χ4v) is 9.55. The molecule has 2 aliphatic rings. The summed E-state index contributed by atoms with van der Waals surface area (Å²) in [5.41, 5.74) is 9.43. The Bertz CT molecular complexity index is 3270. The fraction of sp³-hybridized carbons (Fsp3) is 0.432. The molecule has 2 saturated heterocycles. The van der Waals surface area contributed by atoms with Gasteiger partial charge in [-0.2, -0.15) is 0 Å². The second kappa shape index (κ2) is 45.2. The van der Waals surface area contributed by atoms with Crippen molar-refractivity contribution in [3.8, 4) is 0 Å². The lowest BCUT2D eigenvalue weighted by atomic mass is 10.1. The van der Waals surface area contributed by atoms with Crippen LogP contribution in [-0.2, 0) is 9.47 Å². The van der Waals surface area contributed by atoms with E-state index >= 15 is 0 Å². The van der Waals surface area contributed by atoms with Crippen LogP contribution in [0.1, 0.15) is 136 Å². The van der Waals surface area contributed by atoms with Crippen molar-refractivity contribution in [3.63, 3.8) is 0 Å². The summed E-state index contributed by atoms with van der Waals surface area (Å²) in [6.45, 7) is 17.4. The zero-order valence-corrected chi connectivity index (χ0v) is 58.8. The molecule has 11 N–H and O–H groups in total. The van der Waals surface area contributed by atoms with E-state index in [2.05, 4.69) is 47.9 Å². The van der Waals surface area contributed by atoms with E-state index in [-0.39, 0.29) is 66.4 Å². The largest absolute Gasteiger partial charge is 0.395 e. The molecule has 0 aromatic heterocycles. The first-order valence-corrected chi connectivity index (χ1v) is 33.0. The van der Waals surface area contributed by atoms with Gasteiger partial charge >= 0.3 is 0 Å². The van der Waals surface area contributed by atoms with Gasteiger partial charge in [0.2, 0.25) is 0 Å². The highest BCUT2D eigenvalue weighted by atomic mass is 16.5. The predicted molar refractivity (Wildman–Crippen MR) is 390 cm³/mol. The number of aliphatic hydroxyl groups is 2. The van der Waals surface area contributed by atoms with E-state index in [0.717, 1.165) is 91.7 Å². The van der Waals surface area contributed by atoms with Crippen LogP contribution in [0.3, 0.4) is 0 Å². The molecule has 2 aliphatic heterocycles. The second-order valence-corrected chi connectivity index (χ2v) is 23.3. The lowest BCUT2D eigenvalue weighted by molar-refractivity contribution is 0.0169. The van der Waals surface area contributed by atoms with Crippen LogP contribution in [0.25, 0.3) is 0 Å². The van der Waals surface area contributed by atoms with Crippen LogP contribution in [0.5, 0.6) is 0 Å². The number of hydrogen-bond acceptors (Lipinski definition) is 16. The molecule has 96 heavy (non-hydrogen) atoms. The first kappa shape index (κ1) is 81.0. The topological polar surface area (TPSA) is 279 Å². The summed E-state index contributed by atoms with van der Waals surface area (Å²) in [4.78, 5) is 76.3. The van der Waals surface area contributed by atoms with Gasteiger partial charge in [-0.3, -0.25) is 28.8 Å². The molecule has 0 saturated carbocycles. The monoisotopic (exact) mass is 1320 g/mol. The molecule has 2 atom stereocenters. The number of carbonyl (C=O) groups excluding carboxylic acids is 6. The minimum Gasteiger partial charge on any atom is -0.395 e. The Morgan fingerprint density at radius 3 is 1.05 bits per heavy atom. The number of carbonyl (C=O) groups is 6. The molecule has 0 aliphatic carbocycles. The number of anilines is 6. The molecular formula is C74H108N12O10. The molecule has 22 heteroatoms. The van der Waals surface area contributed by atoms with Crippen LogP contribution in [0.2, 0.25) is 0 Å². The quantitative estimate of drug-likeness (QED) is 0.0285. The van der Waals surface area contributed by atoms with Crippen LogP contribution in [0, 0.1) is 0 Å². The van der Waals surface area contributed by atoms with Gasteiger partial charge in [0, 0.05) is 181 Å². The number of amides is 6. The summed E-state index contributed by atoms with van der Waals surface area (Å²) in [6.07, 6.45) is 5.86. The Hall–Kier alpha value is -9.22. The summed E-state index contributed by atoms with van der Waals surface area (Å²) in [6, 6.07) is 44.5. The fourth-order valence-electron chi connectivity index (χ4n) is 9.55. The summed E-state index contributed by atoms with van der Waals surface area (Å²) in [5, 5.41) is 44.4. The molecule has 6 aromatic rings. The van der Waals surface area contributed by atoms with Gasteiger partial charge in [-0.15, -0.1) is 0 Å². The molecule has 1 unspecified atom stereocenters. The number of hydrogen-bond donors (Lipinski definition) is 11. The third-order valence-electron chi connectivity index (χ3n) is 15.1. The molecule has 524 valence electrons. The Morgan fingerprint density at radius 2 is 0.740 bits per heavy atom. The van der Waals surface area contributed by atoms with Gasteiger partial charge in [0.1, 0.15) is 0 Å². The van der Waals surface area contributed by atoms with Gasteiger partial charge in [-0.05, 0) is 183 Å². The normalized spacial score (nSPS) is 13.4. The maximum atomic E-state index is 12.0. The maximum Gasteiger partial charge on any atom is 0.253 e. The summed E-state index contributed by atoms with van der Waals surface area (Å²) >= 11 is 0. The van der Waals surface area contributed by atoms with Crippen molar-refractivity contribution < 1.29 is 48.5 Å². The van der Waals surface area contributed by atoms with Gasteiger partial charge in [0.05, 0.1) is 25.4 Å². The SMILES string of the molecule is CCN(CC)C(=O)c1cccc(NC)c1.CCN(CCO)C(=O)c1cccc(NC)c1.CNc1cccc(C(=O)N(C)CCO)c1.CNc1cccc(C(=O)NC(C)(C)C)c1.CNc1cccc(C(=O)NCC2CCCCO2)c1.CNc1cccc(C(=O)NC[C@@H]2CCCO2)c1. The zero-order chi connectivity index (χ0) is 70.8. The number of aliphatic hydroxyl groups excluding tert-OH is 2. The Balaban J connectivity index is 0.000000301. The molecule has 2 fully saturated rings. The smallest absolute Gasteiger partial charge is 0.253 e. The summed E-state index contributed by atoms with van der Waals surface area (Å²) in [7, 11) is 12.7. The average Bonchev–Trinajstić information content (AvgIpc) is 1.54. The standard InChI is InChI=1S/C14H20N2O2.C13H18N2O2.C12H18N2O2.2C12H18N2O.C11H16N2O2/c1-15-12-6-4-5-11(9-12)14(17)16-10-13-7-2-3-8-18-13;1-14-11-5-2-4-10(8-11)13(16)15-9-12-6-3-7-17-12;1-3-14(7-8-15)12(16)10-5-4-6-11(9-10)13-2;1-12(2,3)14-11(15)9-6-5-7-10(8-9)13-4;1-4-14(5-2)12(15)10-7-6-8-11(9-10)13-3;1-12-10-5-3-4-9(8-10)11(15)13(2)6-7-14/h4-6,9,13,15H,2-3,7-8,10H2,1H3,(H,16,17);2,4-5,8,12,14H,3,6-7,9H2,1H3,(H,15,16);4-6,9,13,15H,3,7-8H2,1-2H3;5-8,13H,1-4H3,(H,14,15);6-9,13H,4-5H2,1-3H3;3-5,8,12,14H,6-7H2,1-2H3/t;12-;;;;/m.0..../s1. The van der Waals surface area contributed by atoms with Crippen molar-refractivity contribution in [3.05, 3.63) is 179 Å². The molecule has 6 amide bonds. The van der Waals surface area contributed by atoms with Crippen molar-refractivity contribution in [1.82, 2.24) is 30.7 Å². The average molecular weight is 1330 g/mol. The lowest BCUT2D eigenvalue weighted by Crippen LogP contribution is -2.40. The van der Waals surface area contributed by atoms with E-state index in [0.29, 0.717) is 60.5 Å². The minimum absolute atomic E-state index is 0.00863. The summed E-state index contributed by atoms with van der Waals surface area (Å²) in [5.74, 6) is -0.162. The maximum absolute atomic E-state index is 12.0. The molecule has 22 nitrogen and oxygen atoms in total. The highest BCUT2D eigenvalue weighted by Crippen LogP contribution is 2.18. The zero-order valence-electron chi connectivity index (χ0n) is 58.8. The van der Waals surface area contributed by atoms with Crippen LogP contribution < -0.4 is 47.9 Å². The first-order chi connectivity index (χ1) is 46.1. The van der Waals surface area contributed by atoms with Crippen LogP contribution >= 0.6 is 0 Å². The number of ether oxygens (including phenoxy) is 2. The minimum atomic E-state index is -0.202. The molecule has 0 bridgehead atoms. The second-order valence-electron chi connectivity index (χ2n) is 23.3. The molecule has 0 spiro atoms. The van der Waals surface area contributed by atoms with Gasteiger partial charge < -0.3 is 82.2 Å². The molecule has 2 heterocycles. The highest BCUT2D eigenvalue weighted by molar-refractivity contribution is 5.98. The van der Waals surface area contributed by atoms with Crippen molar-refractivity contribution in [1.29, 1.82) is 0 Å². The van der Waals surface area contributed by atoms with E-state index in [1.165, 1.54) is 11.3 Å². The van der Waals surface area contributed by atoms with Gasteiger partial charge in [-0.25, -0.2) is 0 Å². The third-order valence-corrected chi connectivity index (χ3v) is 15.1. The summed E-state index contributed by atoms with van der Waals surface area (Å²) < 4.78 is 11.0. The number of benzene rings is 6. The van der Waals surface area contributed by atoms with E-state index in [1.807, 2.05) is 209 Å². The van der Waals surface area contributed by atoms with Crippen molar-refractivity contribution in [2.24, 2.45) is 0 Å². The molecule has 6 aromatic carbocycles. The Labute approximate surface area is 570 Å². The van der Waals surface area contributed by atoms with Crippen molar-refractivity contribution in [2.75, 3.05) is 153 Å². The molecule has 0 radical (unpaired) electrons. The predicted octanol–water partition coefficient (Wildman–Crippen LogP) is 10.1. The molecular weight excluding hydrogens is 1220 g/mol. The van der Waals surface area contributed by atoms with Crippen LogP contribution in [0.4, 0.5) is 34.1 Å². The lowest BCUT2D eigenvalue weighted by Gasteiger charge is -2.22. The highest BCUT2D eigenvalue weighted by Gasteiger charge is 2.20. The first-order valence-electron chi connectivity index (χ1n) is 33.0. The Morgan fingerprint density at radius 1 is 0.427 bits per heavy atom. The van der Waals surface area contributed by atoms with E-state index in [4.69, 9.17) is 19.7 Å². The number of likely N-dealkylation sites (N-methyl/N-ethyl adjacent to an activating group) is 2. The number of nitrogens with zero attached hydrogens (tertiary/aromatic N) is 3. The number of nitrogens with one attached hydrogen (secondary N) is 9. The van der Waals surface area contributed by atoms with Crippen molar-refractivity contribution in [2.45, 2.75) is 91.4 Å². The molecule has 8 rings (SSSR count). The van der Waals surface area contributed by atoms with Crippen molar-refractivity contribution >= 4 is 69.6 Å². The van der Waals surface area contributed by atoms with Gasteiger partial charge in [0.25, 0.3) is 35.4 Å². The third kappa shape index (κ3) is 30.0. The number of rotatable bonds is 23. The Kier molecular flexibility index (Phi) is 38.2. The van der Waals surface area contributed by atoms with Gasteiger partial charge in [0.15, 0.2) is 0 Å². The van der Waals surface area contributed by atoms with Crippen LogP contribution in [0.15, 0.2) is 146 Å². The van der Waals surface area contributed by atoms with Gasteiger partial charge in [-0.1, -0.05) is 36.4 Å². The van der Waals surface area contributed by atoms with E-state index in [9.17, 15) is 28.8 Å². The van der Waals surface area contributed by atoms with E-state index in [1.54, 1.807) is 37.2 Å². The van der Waals surface area contributed by atoms with Crippen LogP contribution in [-0.4, -0.2) is 200 Å². The van der Waals surface area contributed by atoms with E-state index < -0.39 is 0 Å².